The molecule has 0 spiro atoms. The third kappa shape index (κ3) is 3.97. The highest BCUT2D eigenvalue weighted by molar-refractivity contribution is 6.83. The molecule has 6 aliphatic rings. The third-order valence-electron chi connectivity index (χ3n) is 9.95. The lowest BCUT2D eigenvalue weighted by Gasteiger charge is -2.63. The summed E-state index contributed by atoms with van der Waals surface area (Å²) in [5.74, 6) is 7.96. The second-order valence-electron chi connectivity index (χ2n) is 13.4. The van der Waals surface area contributed by atoms with E-state index in [-0.39, 0.29) is 7.12 Å². The van der Waals surface area contributed by atoms with Crippen LogP contribution in [0.3, 0.4) is 0 Å². The molecule has 6 aliphatic carbocycles. The summed E-state index contributed by atoms with van der Waals surface area (Å²) in [6, 6.07) is 0. The molecule has 0 amide bonds. The summed E-state index contributed by atoms with van der Waals surface area (Å²) in [6.45, 7) is 21.6. The van der Waals surface area contributed by atoms with Crippen LogP contribution in [0.4, 0.5) is 0 Å². The van der Waals surface area contributed by atoms with Gasteiger partial charge in [0.05, 0.1) is 0 Å². The Morgan fingerprint density at radius 1 is 0.800 bits per heavy atom. The summed E-state index contributed by atoms with van der Waals surface area (Å²) < 4.78 is 13.5. The van der Waals surface area contributed by atoms with Crippen LogP contribution in [0.15, 0.2) is 0 Å². The molecule has 0 aromatic heterocycles. The van der Waals surface area contributed by atoms with E-state index in [1.54, 1.807) is 0 Å². The predicted molar refractivity (Wildman–Crippen MR) is 130 cm³/mol. The molecule has 4 heteroatoms. The fourth-order valence-corrected chi connectivity index (χ4v) is 8.11. The molecule has 0 radical (unpaired) electrons. The molecule has 0 heterocycles. The molecule has 2 nitrogen and oxygen atoms in total. The molecule has 4 bridgehead atoms. The molecule has 8 atom stereocenters. The Balaban J connectivity index is 1.43. The topological polar surface area (TPSA) is 18.5 Å². The average molecular weight is 429 g/mol. The van der Waals surface area contributed by atoms with Gasteiger partial charge in [0.25, 0.3) is 0 Å². The first-order valence-corrected chi connectivity index (χ1v) is 16.1. The maximum Gasteiger partial charge on any atom is 0.469 e. The van der Waals surface area contributed by atoms with Crippen molar-refractivity contribution in [2.24, 2.45) is 46.3 Å². The van der Waals surface area contributed by atoms with E-state index in [9.17, 15) is 0 Å². The van der Waals surface area contributed by atoms with Crippen LogP contribution in [0.1, 0.15) is 67.2 Å². The summed E-state index contributed by atoms with van der Waals surface area (Å²) in [6.07, 6.45) is 6.60. The van der Waals surface area contributed by atoms with Gasteiger partial charge < -0.3 is 9.31 Å². The quantitative estimate of drug-likeness (QED) is 0.366. The summed E-state index contributed by atoms with van der Waals surface area (Å²) in [5.41, 5.74) is 4.54. The molecule has 6 fully saturated rings. The van der Waals surface area contributed by atoms with Crippen molar-refractivity contribution in [1.29, 1.82) is 0 Å². The number of hydrogen-bond acceptors (Lipinski definition) is 2. The Hall–Kier alpha value is -0.238. The Labute approximate surface area is 187 Å². The molecule has 6 saturated carbocycles. The van der Waals surface area contributed by atoms with Crippen molar-refractivity contribution in [2.75, 3.05) is 0 Å². The molecular formula is C26H45BO2Si. The van der Waals surface area contributed by atoms with Gasteiger partial charge in [0.15, 0.2) is 0 Å². The standard InChI is InChI=1S/C26H45BO2Si/c1-17-21-13-19(25(21,3)4)15-23(17)28-27(11-10-12-30(7,8)9)29-24-16-20-14-22(18(24)2)26(20,5)6/h17-24H,11,13-16H2,1-9H3/t17-,18-,19+,20+,21-,22-,23-,24-/m1/s1. The Morgan fingerprint density at radius 3 is 1.57 bits per heavy atom. The van der Waals surface area contributed by atoms with Crippen molar-refractivity contribution in [2.45, 2.75) is 105 Å². The largest absolute Gasteiger partial charge is 0.469 e. The van der Waals surface area contributed by atoms with Gasteiger partial charge in [-0.15, -0.1) is 11.5 Å². The number of hydrogen-bond donors (Lipinski definition) is 0. The van der Waals surface area contributed by atoms with Gasteiger partial charge in [-0.2, -0.15) is 0 Å². The molecule has 30 heavy (non-hydrogen) atoms. The minimum absolute atomic E-state index is 0.157. The van der Waals surface area contributed by atoms with Crippen LogP contribution in [0, 0.1) is 57.8 Å². The summed E-state index contributed by atoms with van der Waals surface area (Å²) >= 11 is 0. The van der Waals surface area contributed by atoms with E-state index in [1.807, 2.05) is 0 Å². The van der Waals surface area contributed by atoms with E-state index < -0.39 is 8.07 Å². The Morgan fingerprint density at radius 2 is 1.23 bits per heavy atom. The highest BCUT2D eigenvalue weighted by Gasteiger charge is 2.58. The predicted octanol–water partition coefficient (Wildman–Crippen LogP) is 6.53. The fraction of sp³-hybridized carbons (Fsp3) is 0.923. The SMILES string of the molecule is C[C@@H]1[C@H]2C[C@@H](C[C@H]1OB(CC#C[Si](C)(C)C)O[C@@H]1C[C@@H]3C[C@H]([C@H]1C)C3(C)C)C2(C)C. The zero-order valence-corrected chi connectivity index (χ0v) is 22.0. The van der Waals surface area contributed by atoms with E-state index in [0.717, 1.165) is 30.0 Å². The Bertz CT molecular complexity index is 671. The van der Waals surface area contributed by atoms with Crippen molar-refractivity contribution >= 4 is 15.2 Å². The molecule has 6 rings (SSSR count). The maximum absolute atomic E-state index is 6.76. The van der Waals surface area contributed by atoms with Gasteiger partial charge in [-0.05, 0) is 72.0 Å². The van der Waals surface area contributed by atoms with Crippen LogP contribution in [0.2, 0.25) is 26.0 Å². The van der Waals surface area contributed by atoms with Crippen LogP contribution in [-0.2, 0) is 9.31 Å². The molecule has 0 aromatic rings. The molecule has 0 N–H and O–H groups in total. The average Bonchev–Trinajstić information content (AvgIpc) is 2.62. The summed E-state index contributed by atoms with van der Waals surface area (Å²) in [4.78, 5) is 0. The zero-order valence-electron chi connectivity index (χ0n) is 21.0. The van der Waals surface area contributed by atoms with Gasteiger partial charge in [0.2, 0.25) is 0 Å². The monoisotopic (exact) mass is 428 g/mol. The molecule has 0 saturated heterocycles. The summed E-state index contributed by atoms with van der Waals surface area (Å²) in [5, 5.41) is 0. The van der Waals surface area contributed by atoms with E-state index in [4.69, 9.17) is 9.31 Å². The van der Waals surface area contributed by atoms with Gasteiger partial charge in [0.1, 0.15) is 8.07 Å². The lowest BCUT2D eigenvalue weighted by molar-refractivity contribution is -0.166. The first kappa shape index (κ1) is 22.9. The van der Waals surface area contributed by atoms with Crippen molar-refractivity contribution < 1.29 is 9.31 Å². The van der Waals surface area contributed by atoms with Crippen LogP contribution in [0.5, 0.6) is 0 Å². The minimum Gasteiger partial charge on any atom is -0.407 e. The highest BCUT2D eigenvalue weighted by Crippen LogP contribution is 2.63. The van der Waals surface area contributed by atoms with E-state index in [0.29, 0.717) is 34.9 Å². The van der Waals surface area contributed by atoms with Crippen molar-refractivity contribution in [3.05, 3.63) is 0 Å². The van der Waals surface area contributed by atoms with Crippen molar-refractivity contribution in [3.63, 3.8) is 0 Å². The third-order valence-corrected chi connectivity index (χ3v) is 10.9. The van der Waals surface area contributed by atoms with Crippen LogP contribution < -0.4 is 0 Å². The second-order valence-corrected chi connectivity index (χ2v) is 18.2. The first-order valence-electron chi connectivity index (χ1n) is 12.6. The van der Waals surface area contributed by atoms with Crippen molar-refractivity contribution in [3.8, 4) is 11.5 Å². The minimum atomic E-state index is -1.37. The molecular weight excluding hydrogens is 383 g/mol. The van der Waals surface area contributed by atoms with Crippen LogP contribution >= 0.6 is 0 Å². The number of fused-ring (bicyclic) bond motifs is 4. The highest BCUT2D eigenvalue weighted by atomic mass is 28.3. The molecule has 0 aliphatic heterocycles. The van der Waals surface area contributed by atoms with Gasteiger partial charge in [0, 0.05) is 18.5 Å². The molecule has 0 aromatic carbocycles. The maximum atomic E-state index is 6.76. The zero-order chi connectivity index (χ0) is 22.1. The van der Waals surface area contributed by atoms with Crippen LogP contribution in [-0.4, -0.2) is 27.4 Å². The van der Waals surface area contributed by atoms with Crippen molar-refractivity contribution in [1.82, 2.24) is 0 Å². The summed E-state index contributed by atoms with van der Waals surface area (Å²) in [7, 11) is -1.53. The smallest absolute Gasteiger partial charge is 0.407 e. The Kier molecular flexibility index (Phi) is 5.86. The van der Waals surface area contributed by atoms with Gasteiger partial charge in [-0.3, -0.25) is 0 Å². The fourth-order valence-electron chi connectivity index (χ4n) is 7.48. The first-order chi connectivity index (χ1) is 13.8. The normalized spacial score (nSPS) is 43.0. The lowest BCUT2D eigenvalue weighted by Crippen LogP contribution is -2.59. The van der Waals surface area contributed by atoms with Gasteiger partial charge >= 0.3 is 7.12 Å². The van der Waals surface area contributed by atoms with E-state index >= 15 is 0 Å². The number of rotatable bonds is 5. The van der Waals surface area contributed by atoms with Gasteiger partial charge in [-0.1, -0.05) is 61.2 Å². The van der Waals surface area contributed by atoms with Gasteiger partial charge in [-0.25, -0.2) is 0 Å². The second kappa shape index (κ2) is 7.67. The molecule has 0 unspecified atom stereocenters. The van der Waals surface area contributed by atoms with E-state index in [2.05, 4.69) is 72.6 Å². The molecule has 168 valence electrons. The van der Waals surface area contributed by atoms with E-state index in [1.165, 1.54) is 25.7 Å². The lowest BCUT2D eigenvalue weighted by atomic mass is 9.45. The van der Waals surface area contributed by atoms with Crippen LogP contribution in [0.25, 0.3) is 0 Å².